The van der Waals surface area contributed by atoms with Crippen molar-refractivity contribution in [3.63, 3.8) is 0 Å². The van der Waals surface area contributed by atoms with Gasteiger partial charge in [-0.25, -0.2) is 9.48 Å². The Morgan fingerprint density at radius 1 is 1.15 bits per heavy atom. The lowest BCUT2D eigenvalue weighted by atomic mass is 9.94. The van der Waals surface area contributed by atoms with Crippen molar-refractivity contribution < 1.29 is 4.79 Å². The highest BCUT2D eigenvalue weighted by Crippen LogP contribution is 2.32. The Hall–Kier alpha value is -2.30. The van der Waals surface area contributed by atoms with E-state index in [0.29, 0.717) is 12.6 Å². The molecule has 4 rings (SSSR count). The lowest BCUT2D eigenvalue weighted by Gasteiger charge is -2.34. The minimum Gasteiger partial charge on any atom is -0.334 e. The van der Waals surface area contributed by atoms with Crippen LogP contribution in [0.25, 0.3) is 5.69 Å². The Balaban J connectivity index is 1.39. The molecule has 26 heavy (non-hydrogen) atoms. The van der Waals surface area contributed by atoms with Crippen LogP contribution in [-0.4, -0.2) is 33.3 Å². The number of carbonyl (C=O) groups excluding carboxylic acids is 1. The van der Waals surface area contributed by atoms with Crippen LogP contribution in [0.15, 0.2) is 42.7 Å². The monoisotopic (exact) mass is 352 g/mol. The van der Waals surface area contributed by atoms with Crippen molar-refractivity contribution >= 4 is 6.03 Å². The third kappa shape index (κ3) is 4.26. The van der Waals surface area contributed by atoms with Crippen LogP contribution in [0.1, 0.15) is 50.5 Å². The van der Waals surface area contributed by atoms with E-state index in [1.807, 2.05) is 29.1 Å². The fourth-order valence-electron chi connectivity index (χ4n) is 3.88. The van der Waals surface area contributed by atoms with Crippen LogP contribution in [0.5, 0.6) is 0 Å². The summed E-state index contributed by atoms with van der Waals surface area (Å²) in [7, 11) is 0. The number of nitrogens with one attached hydrogen (secondary N) is 1. The molecule has 0 spiro atoms. The van der Waals surface area contributed by atoms with Crippen molar-refractivity contribution in [3.8, 4) is 5.69 Å². The first-order valence-electron chi connectivity index (χ1n) is 9.93. The van der Waals surface area contributed by atoms with Crippen LogP contribution in [0, 0.1) is 5.92 Å². The maximum Gasteiger partial charge on any atom is 0.317 e. The molecule has 2 fully saturated rings. The predicted octanol–water partition coefficient (Wildman–Crippen LogP) is 4.13. The summed E-state index contributed by atoms with van der Waals surface area (Å²) in [6.07, 6.45) is 12.4. The molecule has 1 N–H and O–H groups in total. The molecule has 2 saturated carbocycles. The van der Waals surface area contributed by atoms with E-state index < -0.39 is 0 Å². The standard InChI is InChI=1S/C21H28N4O/c26-21(24(16-17-10-11-17)19-7-2-1-3-8-19)22-15-18-6-4-9-20(14-18)25-13-5-12-23-25/h4-6,9,12-14,17,19H,1-3,7-8,10-11,15-16H2,(H,22,26). The molecule has 2 aromatic rings. The Labute approximate surface area is 155 Å². The Bertz CT molecular complexity index is 717. The first kappa shape index (κ1) is 17.1. The first-order chi connectivity index (χ1) is 12.8. The second-order valence-electron chi connectivity index (χ2n) is 7.67. The molecule has 2 aliphatic carbocycles. The van der Waals surface area contributed by atoms with E-state index >= 15 is 0 Å². The van der Waals surface area contributed by atoms with Gasteiger partial charge in [0.05, 0.1) is 5.69 Å². The molecule has 0 saturated heterocycles. The highest BCUT2D eigenvalue weighted by Gasteiger charge is 2.31. The van der Waals surface area contributed by atoms with Gasteiger partial charge in [0.1, 0.15) is 0 Å². The first-order valence-corrected chi connectivity index (χ1v) is 9.93. The second-order valence-corrected chi connectivity index (χ2v) is 7.67. The summed E-state index contributed by atoms with van der Waals surface area (Å²) in [5, 5.41) is 7.43. The van der Waals surface area contributed by atoms with Crippen LogP contribution >= 0.6 is 0 Å². The van der Waals surface area contributed by atoms with Gasteiger partial charge in [0.15, 0.2) is 0 Å². The van der Waals surface area contributed by atoms with E-state index in [4.69, 9.17) is 0 Å². The Morgan fingerprint density at radius 2 is 2.00 bits per heavy atom. The lowest BCUT2D eigenvalue weighted by molar-refractivity contribution is 0.151. The minimum absolute atomic E-state index is 0.105. The third-order valence-corrected chi connectivity index (χ3v) is 5.55. The van der Waals surface area contributed by atoms with Gasteiger partial charge < -0.3 is 10.2 Å². The topological polar surface area (TPSA) is 50.2 Å². The summed E-state index contributed by atoms with van der Waals surface area (Å²) in [5.41, 5.74) is 2.12. The van der Waals surface area contributed by atoms with Crippen molar-refractivity contribution in [3.05, 3.63) is 48.3 Å². The summed E-state index contributed by atoms with van der Waals surface area (Å²) in [5.74, 6) is 0.728. The van der Waals surface area contributed by atoms with Gasteiger partial charge in [0.2, 0.25) is 0 Å². The lowest BCUT2D eigenvalue weighted by Crippen LogP contribution is -2.47. The van der Waals surface area contributed by atoms with E-state index in [2.05, 4.69) is 27.4 Å². The molecule has 1 heterocycles. The molecule has 138 valence electrons. The van der Waals surface area contributed by atoms with Gasteiger partial charge >= 0.3 is 6.03 Å². The van der Waals surface area contributed by atoms with Crippen LogP contribution < -0.4 is 5.32 Å². The van der Waals surface area contributed by atoms with Crippen LogP contribution in [0.3, 0.4) is 0 Å². The summed E-state index contributed by atoms with van der Waals surface area (Å²) in [6, 6.07) is 10.6. The average Bonchev–Trinajstić information content (AvgIpc) is 3.34. The normalized spacial score (nSPS) is 17.8. The maximum absolute atomic E-state index is 12.9. The van der Waals surface area contributed by atoms with Gasteiger partial charge in [0.25, 0.3) is 0 Å². The quantitative estimate of drug-likeness (QED) is 0.850. The molecular weight excluding hydrogens is 324 g/mol. The Morgan fingerprint density at radius 3 is 2.73 bits per heavy atom. The van der Waals surface area contributed by atoms with Gasteiger partial charge in [-0.05, 0) is 55.4 Å². The van der Waals surface area contributed by atoms with E-state index in [1.54, 1.807) is 6.20 Å². The number of urea groups is 1. The minimum atomic E-state index is 0.105. The van der Waals surface area contributed by atoms with Gasteiger partial charge in [-0.3, -0.25) is 0 Å². The molecule has 5 nitrogen and oxygen atoms in total. The van der Waals surface area contributed by atoms with Crippen molar-refractivity contribution in [1.82, 2.24) is 20.0 Å². The number of hydrogen-bond acceptors (Lipinski definition) is 2. The molecule has 0 atom stereocenters. The number of benzene rings is 1. The van der Waals surface area contributed by atoms with Crippen LogP contribution in [0.4, 0.5) is 4.79 Å². The van der Waals surface area contributed by atoms with Crippen molar-refractivity contribution in [2.45, 2.75) is 57.5 Å². The van der Waals surface area contributed by atoms with E-state index in [9.17, 15) is 4.79 Å². The highest BCUT2D eigenvalue weighted by atomic mass is 16.2. The summed E-state index contributed by atoms with van der Waals surface area (Å²) in [4.78, 5) is 15.0. The van der Waals surface area contributed by atoms with Crippen molar-refractivity contribution in [2.24, 2.45) is 5.92 Å². The molecule has 5 heteroatoms. The second kappa shape index (κ2) is 7.94. The molecule has 2 amide bonds. The SMILES string of the molecule is O=C(NCc1cccc(-n2cccn2)c1)N(CC1CC1)C1CCCCC1. The van der Waals surface area contributed by atoms with E-state index in [0.717, 1.165) is 36.6 Å². The molecule has 0 aliphatic heterocycles. The Kier molecular flexibility index (Phi) is 5.23. The predicted molar refractivity (Wildman–Crippen MR) is 102 cm³/mol. The number of hydrogen-bond donors (Lipinski definition) is 1. The van der Waals surface area contributed by atoms with E-state index in [1.165, 1.54) is 32.1 Å². The molecule has 0 bridgehead atoms. The zero-order chi connectivity index (χ0) is 17.8. The fourth-order valence-corrected chi connectivity index (χ4v) is 3.88. The summed E-state index contributed by atoms with van der Waals surface area (Å²) in [6.45, 7) is 1.49. The number of nitrogens with zero attached hydrogens (tertiary/aromatic N) is 3. The third-order valence-electron chi connectivity index (χ3n) is 5.55. The van der Waals surface area contributed by atoms with Gasteiger partial charge in [-0.2, -0.15) is 5.10 Å². The molecule has 0 unspecified atom stereocenters. The van der Waals surface area contributed by atoms with Crippen molar-refractivity contribution in [2.75, 3.05) is 6.54 Å². The van der Waals surface area contributed by atoms with E-state index in [-0.39, 0.29) is 6.03 Å². The number of aromatic nitrogens is 2. The molecular formula is C21H28N4O. The maximum atomic E-state index is 12.9. The average molecular weight is 352 g/mol. The number of carbonyl (C=O) groups is 1. The van der Waals surface area contributed by atoms with Gasteiger partial charge in [-0.15, -0.1) is 0 Å². The van der Waals surface area contributed by atoms with Crippen molar-refractivity contribution in [1.29, 1.82) is 0 Å². The smallest absolute Gasteiger partial charge is 0.317 e. The largest absolute Gasteiger partial charge is 0.334 e. The number of amides is 2. The van der Waals surface area contributed by atoms with Gasteiger partial charge in [-0.1, -0.05) is 31.4 Å². The zero-order valence-electron chi connectivity index (χ0n) is 15.3. The molecule has 2 aliphatic rings. The fraction of sp³-hybridized carbons (Fsp3) is 0.524. The number of rotatable bonds is 6. The zero-order valence-corrected chi connectivity index (χ0v) is 15.3. The summed E-state index contributed by atoms with van der Waals surface area (Å²) < 4.78 is 1.84. The molecule has 1 aromatic carbocycles. The highest BCUT2D eigenvalue weighted by molar-refractivity contribution is 5.74. The molecule has 0 radical (unpaired) electrons. The summed E-state index contributed by atoms with van der Waals surface area (Å²) >= 11 is 0. The van der Waals surface area contributed by atoms with Crippen LogP contribution in [0.2, 0.25) is 0 Å². The van der Waals surface area contributed by atoms with Crippen LogP contribution in [-0.2, 0) is 6.54 Å². The molecule has 1 aromatic heterocycles. The van der Waals surface area contributed by atoms with Gasteiger partial charge in [0, 0.05) is 31.5 Å².